The summed E-state index contributed by atoms with van der Waals surface area (Å²) in [5, 5.41) is 8.27. The van der Waals surface area contributed by atoms with Crippen LogP contribution in [0.2, 0.25) is 0 Å². The second kappa shape index (κ2) is 6.68. The molecule has 80 valence electrons. The molecule has 1 rings (SSSR count). The van der Waals surface area contributed by atoms with Crippen molar-refractivity contribution in [2.45, 2.75) is 6.42 Å². The second-order valence-corrected chi connectivity index (χ2v) is 2.86. The van der Waals surface area contributed by atoms with E-state index in [1.54, 1.807) is 37.6 Å². The van der Waals surface area contributed by atoms with Crippen LogP contribution in [0.5, 0.6) is 11.5 Å². The first-order valence-corrected chi connectivity index (χ1v) is 4.64. The molecule has 0 atom stereocenters. The van der Waals surface area contributed by atoms with E-state index in [0.717, 1.165) is 12.2 Å². The first-order valence-electron chi connectivity index (χ1n) is 4.64. The Balaban J connectivity index is 2.33. The lowest BCUT2D eigenvalue weighted by molar-refractivity contribution is 0.172. The first kappa shape index (κ1) is 11.3. The van der Waals surface area contributed by atoms with Crippen LogP contribution in [0.1, 0.15) is 6.42 Å². The number of methoxy groups -OCH3 is 1. The van der Waals surface area contributed by atoms with Crippen LogP contribution in [-0.2, 0) is 4.74 Å². The highest BCUT2D eigenvalue weighted by Crippen LogP contribution is 2.17. The number of rotatable bonds is 6. The first-order chi connectivity index (χ1) is 7.36. The van der Waals surface area contributed by atoms with Crippen molar-refractivity contribution in [3.8, 4) is 17.8 Å². The van der Waals surface area contributed by atoms with E-state index in [1.165, 1.54) is 0 Å². The topological polar surface area (TPSA) is 51.5 Å². The quantitative estimate of drug-likeness (QED) is 0.528. The van der Waals surface area contributed by atoms with Crippen LogP contribution in [0.4, 0.5) is 0 Å². The Morgan fingerprint density at radius 3 is 2.40 bits per heavy atom. The van der Waals surface area contributed by atoms with Gasteiger partial charge in [0.25, 0.3) is 6.26 Å². The van der Waals surface area contributed by atoms with Gasteiger partial charge in [-0.05, 0) is 24.3 Å². The Labute approximate surface area is 89.0 Å². The van der Waals surface area contributed by atoms with Crippen molar-refractivity contribution < 1.29 is 14.2 Å². The molecule has 0 bridgehead atoms. The highest BCUT2D eigenvalue weighted by Gasteiger charge is 1.95. The minimum Gasteiger partial charge on any atom is -0.494 e. The predicted octanol–water partition coefficient (Wildman–Crippen LogP) is 1.96. The van der Waals surface area contributed by atoms with Crippen molar-refractivity contribution >= 4 is 0 Å². The molecule has 0 heterocycles. The van der Waals surface area contributed by atoms with Gasteiger partial charge in [0.1, 0.15) is 11.5 Å². The maximum absolute atomic E-state index is 8.27. The lowest BCUT2D eigenvalue weighted by Crippen LogP contribution is -2.01. The molecule has 0 aliphatic heterocycles. The highest BCUT2D eigenvalue weighted by atomic mass is 16.5. The van der Waals surface area contributed by atoms with Crippen molar-refractivity contribution in [3.05, 3.63) is 24.3 Å². The van der Waals surface area contributed by atoms with Crippen LogP contribution in [0.25, 0.3) is 0 Å². The van der Waals surface area contributed by atoms with Crippen molar-refractivity contribution in [3.63, 3.8) is 0 Å². The smallest absolute Gasteiger partial charge is 0.292 e. The fraction of sp³-hybridized carbons (Fsp3) is 0.364. The summed E-state index contributed by atoms with van der Waals surface area (Å²) in [4.78, 5) is 0. The Bertz CT molecular complexity index is 316. The molecule has 15 heavy (non-hydrogen) atoms. The maximum Gasteiger partial charge on any atom is 0.292 e. The minimum atomic E-state index is 0.516. The van der Waals surface area contributed by atoms with Gasteiger partial charge < -0.3 is 14.2 Å². The van der Waals surface area contributed by atoms with Crippen LogP contribution in [-0.4, -0.2) is 20.3 Å². The van der Waals surface area contributed by atoms with Gasteiger partial charge in [-0.1, -0.05) is 0 Å². The average Bonchev–Trinajstić information content (AvgIpc) is 2.27. The molecule has 4 nitrogen and oxygen atoms in total. The molecule has 0 fully saturated rings. The van der Waals surface area contributed by atoms with E-state index in [9.17, 15) is 0 Å². The molecular weight excluding hydrogens is 194 g/mol. The van der Waals surface area contributed by atoms with E-state index in [-0.39, 0.29) is 0 Å². The fourth-order valence-corrected chi connectivity index (χ4v) is 1.05. The Morgan fingerprint density at radius 1 is 1.13 bits per heavy atom. The molecule has 0 spiro atoms. The summed E-state index contributed by atoms with van der Waals surface area (Å²) in [6.45, 7) is 1.31. The van der Waals surface area contributed by atoms with Crippen LogP contribution >= 0.6 is 0 Å². The van der Waals surface area contributed by atoms with Gasteiger partial charge in [-0.2, -0.15) is 0 Å². The number of hydrogen-bond donors (Lipinski definition) is 0. The summed E-state index contributed by atoms with van der Waals surface area (Å²) in [7, 11) is 1.66. The zero-order chi connectivity index (χ0) is 10.9. The zero-order valence-electron chi connectivity index (χ0n) is 8.60. The average molecular weight is 207 g/mol. The van der Waals surface area contributed by atoms with Gasteiger partial charge in [-0.25, -0.2) is 0 Å². The number of ether oxygens (including phenoxy) is 3. The fourth-order valence-electron chi connectivity index (χ4n) is 1.05. The molecule has 0 unspecified atom stereocenters. The summed E-state index contributed by atoms with van der Waals surface area (Å²) >= 11 is 0. The van der Waals surface area contributed by atoms with Gasteiger partial charge in [0.05, 0.1) is 6.61 Å². The summed E-state index contributed by atoms with van der Waals surface area (Å²) in [5.74, 6) is 1.28. The molecule has 1 aromatic carbocycles. The number of nitriles is 1. The summed E-state index contributed by atoms with van der Waals surface area (Å²) in [6.07, 6.45) is 2.46. The maximum atomic E-state index is 8.27. The van der Waals surface area contributed by atoms with Crippen molar-refractivity contribution in [2.75, 3.05) is 20.3 Å². The minimum absolute atomic E-state index is 0.516. The molecule has 0 N–H and O–H groups in total. The van der Waals surface area contributed by atoms with Gasteiger partial charge >= 0.3 is 0 Å². The molecule has 0 aromatic heterocycles. The van der Waals surface area contributed by atoms with Gasteiger partial charge in [0, 0.05) is 20.1 Å². The monoisotopic (exact) mass is 207 g/mol. The summed E-state index contributed by atoms with van der Waals surface area (Å²) in [6, 6.07) is 6.91. The van der Waals surface area contributed by atoms with E-state index in [0.29, 0.717) is 19.0 Å². The van der Waals surface area contributed by atoms with Crippen LogP contribution in [0.15, 0.2) is 24.3 Å². The standard InChI is InChI=1S/C11H13NO3/c1-13-7-2-8-14-10-3-5-11(6-4-10)15-9-12/h3-6H,2,7-8H2,1H3. The van der Waals surface area contributed by atoms with E-state index in [4.69, 9.17) is 14.7 Å². The number of hydrogen-bond acceptors (Lipinski definition) is 4. The van der Waals surface area contributed by atoms with Crippen molar-refractivity contribution in [1.29, 1.82) is 5.26 Å². The molecule has 0 amide bonds. The second-order valence-electron chi connectivity index (χ2n) is 2.86. The van der Waals surface area contributed by atoms with E-state index in [2.05, 4.69) is 4.74 Å². The molecule has 4 heteroatoms. The molecule has 0 saturated carbocycles. The summed E-state index contributed by atoms with van der Waals surface area (Å²) < 4.78 is 15.0. The Hall–Kier alpha value is -1.73. The van der Waals surface area contributed by atoms with Crippen molar-refractivity contribution in [1.82, 2.24) is 0 Å². The van der Waals surface area contributed by atoms with E-state index in [1.807, 2.05) is 0 Å². The van der Waals surface area contributed by atoms with Crippen LogP contribution in [0, 0.1) is 11.5 Å². The van der Waals surface area contributed by atoms with Gasteiger partial charge in [-0.3, -0.25) is 0 Å². The van der Waals surface area contributed by atoms with E-state index >= 15 is 0 Å². The van der Waals surface area contributed by atoms with Crippen LogP contribution < -0.4 is 9.47 Å². The molecular formula is C11H13NO3. The molecule has 0 aliphatic rings. The highest BCUT2D eigenvalue weighted by molar-refractivity contribution is 5.31. The third-order valence-electron chi connectivity index (χ3n) is 1.75. The van der Waals surface area contributed by atoms with Crippen LogP contribution in [0.3, 0.4) is 0 Å². The normalized spacial score (nSPS) is 9.33. The zero-order valence-corrected chi connectivity index (χ0v) is 8.60. The lowest BCUT2D eigenvalue weighted by atomic mass is 10.3. The molecule has 0 saturated heterocycles. The number of nitrogens with zero attached hydrogens (tertiary/aromatic N) is 1. The number of benzene rings is 1. The Morgan fingerprint density at radius 2 is 1.80 bits per heavy atom. The Kier molecular flexibility index (Phi) is 5.06. The molecule has 0 aliphatic carbocycles. The van der Waals surface area contributed by atoms with E-state index < -0.39 is 0 Å². The van der Waals surface area contributed by atoms with Gasteiger partial charge in [-0.15, -0.1) is 5.26 Å². The third-order valence-corrected chi connectivity index (χ3v) is 1.75. The predicted molar refractivity (Wildman–Crippen MR) is 54.7 cm³/mol. The SMILES string of the molecule is COCCCOc1ccc(OC#N)cc1. The molecule has 0 radical (unpaired) electrons. The third kappa shape index (κ3) is 4.34. The van der Waals surface area contributed by atoms with Gasteiger partial charge in [0.15, 0.2) is 0 Å². The summed E-state index contributed by atoms with van der Waals surface area (Å²) in [5.41, 5.74) is 0. The largest absolute Gasteiger partial charge is 0.494 e. The van der Waals surface area contributed by atoms with Gasteiger partial charge in [0.2, 0.25) is 0 Å². The lowest BCUT2D eigenvalue weighted by Gasteiger charge is -2.05. The molecule has 1 aromatic rings. The van der Waals surface area contributed by atoms with Crippen molar-refractivity contribution in [2.24, 2.45) is 0 Å².